The SMILES string of the molecule is Cc1ccc(C)c(OC(C)C(=O)NC(C)C)c1. The molecule has 3 nitrogen and oxygen atoms in total. The normalized spacial score (nSPS) is 12.4. The van der Waals surface area contributed by atoms with Crippen LogP contribution in [0.15, 0.2) is 18.2 Å². The van der Waals surface area contributed by atoms with Crippen LogP contribution in [0.1, 0.15) is 31.9 Å². The van der Waals surface area contributed by atoms with E-state index in [0.29, 0.717) is 0 Å². The predicted molar refractivity (Wildman–Crippen MR) is 69.3 cm³/mol. The van der Waals surface area contributed by atoms with Crippen molar-refractivity contribution in [2.24, 2.45) is 0 Å². The van der Waals surface area contributed by atoms with Crippen LogP contribution in [-0.2, 0) is 4.79 Å². The average Bonchev–Trinajstić information content (AvgIpc) is 2.22. The summed E-state index contributed by atoms with van der Waals surface area (Å²) >= 11 is 0. The Bertz CT molecular complexity index is 399. The van der Waals surface area contributed by atoms with Crippen molar-refractivity contribution in [3.63, 3.8) is 0 Å². The molecule has 1 unspecified atom stereocenters. The molecular formula is C14H21NO2. The highest BCUT2D eigenvalue weighted by Gasteiger charge is 2.16. The lowest BCUT2D eigenvalue weighted by atomic mass is 10.1. The Morgan fingerprint density at radius 1 is 1.24 bits per heavy atom. The van der Waals surface area contributed by atoms with E-state index in [4.69, 9.17) is 4.74 Å². The fourth-order valence-corrected chi connectivity index (χ4v) is 1.48. The second kappa shape index (κ2) is 5.71. The molecule has 0 aliphatic carbocycles. The summed E-state index contributed by atoms with van der Waals surface area (Å²) in [5.74, 6) is 0.692. The van der Waals surface area contributed by atoms with E-state index >= 15 is 0 Å². The zero-order valence-electron chi connectivity index (χ0n) is 11.2. The van der Waals surface area contributed by atoms with Gasteiger partial charge in [0.15, 0.2) is 6.10 Å². The smallest absolute Gasteiger partial charge is 0.260 e. The molecule has 1 rings (SSSR count). The molecule has 0 fully saturated rings. The van der Waals surface area contributed by atoms with Crippen molar-refractivity contribution in [1.82, 2.24) is 5.32 Å². The highest BCUT2D eigenvalue weighted by Crippen LogP contribution is 2.20. The third-order valence-corrected chi connectivity index (χ3v) is 2.45. The highest BCUT2D eigenvalue weighted by molar-refractivity contribution is 5.80. The summed E-state index contributed by atoms with van der Waals surface area (Å²) in [6.45, 7) is 9.61. The molecular weight excluding hydrogens is 214 g/mol. The zero-order valence-corrected chi connectivity index (χ0v) is 11.2. The number of hydrogen-bond acceptors (Lipinski definition) is 2. The maximum atomic E-state index is 11.7. The van der Waals surface area contributed by atoms with Crippen LogP contribution in [0.4, 0.5) is 0 Å². The first-order chi connectivity index (χ1) is 7.90. The van der Waals surface area contributed by atoms with Crippen molar-refractivity contribution in [1.29, 1.82) is 0 Å². The number of rotatable bonds is 4. The van der Waals surface area contributed by atoms with Crippen LogP contribution in [0, 0.1) is 13.8 Å². The second-order valence-corrected chi connectivity index (χ2v) is 4.69. The molecule has 0 spiro atoms. The molecule has 0 aliphatic heterocycles. The van der Waals surface area contributed by atoms with Gasteiger partial charge in [-0.2, -0.15) is 0 Å². The lowest BCUT2D eigenvalue weighted by Crippen LogP contribution is -2.40. The van der Waals surface area contributed by atoms with E-state index < -0.39 is 6.10 Å². The maximum absolute atomic E-state index is 11.7. The summed E-state index contributed by atoms with van der Waals surface area (Å²) < 4.78 is 5.68. The number of ether oxygens (including phenoxy) is 1. The third kappa shape index (κ3) is 4.10. The molecule has 94 valence electrons. The van der Waals surface area contributed by atoms with Crippen LogP contribution in [0.2, 0.25) is 0 Å². The third-order valence-electron chi connectivity index (χ3n) is 2.45. The highest BCUT2D eigenvalue weighted by atomic mass is 16.5. The number of benzene rings is 1. The lowest BCUT2D eigenvalue weighted by Gasteiger charge is -2.18. The Hall–Kier alpha value is -1.51. The molecule has 0 aliphatic rings. The quantitative estimate of drug-likeness (QED) is 0.871. The van der Waals surface area contributed by atoms with E-state index in [1.165, 1.54) is 0 Å². The van der Waals surface area contributed by atoms with Crippen LogP contribution in [0.3, 0.4) is 0 Å². The van der Waals surface area contributed by atoms with Crippen LogP contribution in [-0.4, -0.2) is 18.1 Å². The van der Waals surface area contributed by atoms with Crippen molar-refractivity contribution in [2.45, 2.75) is 46.8 Å². The molecule has 0 radical (unpaired) electrons. The van der Waals surface area contributed by atoms with Crippen LogP contribution in [0.25, 0.3) is 0 Å². The minimum atomic E-state index is -0.474. The van der Waals surface area contributed by atoms with Gasteiger partial charge in [-0.25, -0.2) is 0 Å². The van der Waals surface area contributed by atoms with E-state index in [-0.39, 0.29) is 11.9 Å². The largest absolute Gasteiger partial charge is 0.481 e. The number of carbonyl (C=O) groups excluding carboxylic acids is 1. The molecule has 17 heavy (non-hydrogen) atoms. The van der Waals surface area contributed by atoms with Gasteiger partial charge in [-0.1, -0.05) is 12.1 Å². The number of amides is 1. The summed E-state index contributed by atoms with van der Waals surface area (Å²) in [6, 6.07) is 6.11. The molecule has 0 bridgehead atoms. The van der Waals surface area contributed by atoms with Gasteiger partial charge < -0.3 is 10.1 Å². The van der Waals surface area contributed by atoms with Gasteiger partial charge in [0.2, 0.25) is 0 Å². The van der Waals surface area contributed by atoms with Crippen molar-refractivity contribution in [3.8, 4) is 5.75 Å². The Labute approximate surface area is 103 Å². The minimum Gasteiger partial charge on any atom is -0.481 e. The molecule has 1 amide bonds. The second-order valence-electron chi connectivity index (χ2n) is 4.69. The first kappa shape index (κ1) is 13.6. The summed E-state index contributed by atoms with van der Waals surface area (Å²) in [4.78, 5) is 11.7. The minimum absolute atomic E-state index is 0.0825. The van der Waals surface area contributed by atoms with Crippen LogP contribution < -0.4 is 10.1 Å². The Morgan fingerprint density at radius 3 is 2.47 bits per heavy atom. The van der Waals surface area contributed by atoms with Crippen molar-refractivity contribution in [3.05, 3.63) is 29.3 Å². The number of carbonyl (C=O) groups is 1. The first-order valence-corrected chi connectivity index (χ1v) is 5.94. The lowest BCUT2D eigenvalue weighted by molar-refractivity contribution is -0.127. The molecule has 0 aromatic heterocycles. The Morgan fingerprint density at radius 2 is 1.88 bits per heavy atom. The molecule has 1 aromatic carbocycles. The monoisotopic (exact) mass is 235 g/mol. The van der Waals surface area contributed by atoms with Gasteiger partial charge in [-0.15, -0.1) is 0 Å². The summed E-state index contributed by atoms with van der Waals surface area (Å²) in [5.41, 5.74) is 2.17. The molecule has 1 N–H and O–H groups in total. The van der Waals surface area contributed by atoms with Gasteiger partial charge in [-0.05, 0) is 51.8 Å². The molecule has 0 saturated heterocycles. The predicted octanol–water partition coefficient (Wildman–Crippen LogP) is 2.60. The molecule has 0 saturated carbocycles. The summed E-state index contributed by atoms with van der Waals surface area (Å²) in [6.07, 6.45) is -0.474. The summed E-state index contributed by atoms with van der Waals surface area (Å²) in [5, 5.41) is 2.83. The topological polar surface area (TPSA) is 38.3 Å². The molecule has 1 atom stereocenters. The maximum Gasteiger partial charge on any atom is 0.260 e. The van der Waals surface area contributed by atoms with E-state index in [1.54, 1.807) is 6.92 Å². The number of nitrogens with one attached hydrogen (secondary N) is 1. The number of hydrogen-bond donors (Lipinski definition) is 1. The van der Waals surface area contributed by atoms with Gasteiger partial charge in [0.25, 0.3) is 5.91 Å². The van der Waals surface area contributed by atoms with E-state index in [2.05, 4.69) is 5.32 Å². The van der Waals surface area contributed by atoms with E-state index in [1.807, 2.05) is 45.9 Å². The van der Waals surface area contributed by atoms with Gasteiger partial charge in [0.1, 0.15) is 5.75 Å². The van der Waals surface area contributed by atoms with Crippen LogP contribution >= 0.6 is 0 Å². The van der Waals surface area contributed by atoms with Crippen molar-refractivity contribution < 1.29 is 9.53 Å². The molecule has 3 heteroatoms. The standard InChI is InChI=1S/C14H21NO2/c1-9(2)15-14(16)12(5)17-13-8-10(3)6-7-11(13)4/h6-9,12H,1-5H3,(H,15,16). The van der Waals surface area contributed by atoms with Crippen LogP contribution in [0.5, 0.6) is 5.75 Å². The van der Waals surface area contributed by atoms with Crippen molar-refractivity contribution in [2.75, 3.05) is 0 Å². The fraction of sp³-hybridized carbons (Fsp3) is 0.500. The fourth-order valence-electron chi connectivity index (χ4n) is 1.48. The van der Waals surface area contributed by atoms with E-state index in [9.17, 15) is 4.79 Å². The zero-order chi connectivity index (χ0) is 13.0. The van der Waals surface area contributed by atoms with Gasteiger partial charge >= 0.3 is 0 Å². The molecule has 0 heterocycles. The van der Waals surface area contributed by atoms with E-state index in [0.717, 1.165) is 16.9 Å². The average molecular weight is 235 g/mol. The Kier molecular flexibility index (Phi) is 4.55. The first-order valence-electron chi connectivity index (χ1n) is 5.94. The van der Waals surface area contributed by atoms with Gasteiger partial charge in [-0.3, -0.25) is 4.79 Å². The number of aryl methyl sites for hydroxylation is 2. The van der Waals surface area contributed by atoms with Gasteiger partial charge in [0, 0.05) is 6.04 Å². The summed E-state index contributed by atoms with van der Waals surface area (Å²) in [7, 11) is 0. The Balaban J connectivity index is 2.70. The molecule has 1 aromatic rings. The van der Waals surface area contributed by atoms with Crippen molar-refractivity contribution >= 4 is 5.91 Å². The van der Waals surface area contributed by atoms with Gasteiger partial charge in [0.05, 0.1) is 0 Å².